The van der Waals surface area contributed by atoms with Gasteiger partial charge in [0, 0.05) is 12.6 Å². The van der Waals surface area contributed by atoms with Crippen LogP contribution in [0.15, 0.2) is 78.0 Å². The molecule has 96 valence electrons. The quantitative estimate of drug-likeness (QED) is 0.670. The molecular weight excluding hydrogens is 234 g/mol. The normalized spacial score (nSPS) is 11.7. The fourth-order valence-electron chi connectivity index (χ4n) is 1.75. The lowest BCUT2D eigenvalue weighted by atomic mass is 10.1. The molecule has 3 nitrogen and oxygen atoms in total. The molecule has 2 rings (SSSR count). The number of para-hydroxylation sites is 1. The van der Waals surface area contributed by atoms with Gasteiger partial charge in [0.1, 0.15) is 0 Å². The van der Waals surface area contributed by atoms with E-state index in [2.05, 4.69) is 5.10 Å². The van der Waals surface area contributed by atoms with Gasteiger partial charge in [0.05, 0.1) is 11.4 Å². The van der Waals surface area contributed by atoms with Gasteiger partial charge in [-0.05, 0) is 24.4 Å². The van der Waals surface area contributed by atoms with Crippen molar-refractivity contribution in [3.8, 4) is 0 Å². The third-order valence-corrected chi connectivity index (χ3v) is 2.71. The van der Waals surface area contributed by atoms with Crippen LogP contribution in [0.2, 0.25) is 0 Å². The number of hydrazone groups is 1. The molecule has 0 aliphatic heterocycles. The van der Waals surface area contributed by atoms with Crippen molar-refractivity contribution < 1.29 is 0 Å². The van der Waals surface area contributed by atoms with Crippen molar-refractivity contribution in [3.63, 3.8) is 0 Å². The molecule has 19 heavy (non-hydrogen) atoms. The van der Waals surface area contributed by atoms with Crippen LogP contribution < -0.4 is 10.7 Å². The highest BCUT2D eigenvalue weighted by Crippen LogP contribution is 2.13. The van der Waals surface area contributed by atoms with E-state index < -0.39 is 0 Å². The van der Waals surface area contributed by atoms with Crippen LogP contribution in [0.1, 0.15) is 5.56 Å². The number of hydrogen-bond donors (Lipinski definition) is 1. The number of rotatable bonds is 4. The van der Waals surface area contributed by atoms with Crippen molar-refractivity contribution in [1.29, 1.82) is 0 Å². The van der Waals surface area contributed by atoms with E-state index >= 15 is 0 Å². The number of nitrogens with zero attached hydrogens (tertiary/aromatic N) is 2. The highest BCUT2D eigenvalue weighted by atomic mass is 15.4. The van der Waals surface area contributed by atoms with Gasteiger partial charge >= 0.3 is 0 Å². The molecule has 0 amide bonds. The average Bonchev–Trinajstić information content (AvgIpc) is 2.48. The molecule has 0 heterocycles. The minimum atomic E-state index is 0.828. The molecule has 0 bridgehead atoms. The Morgan fingerprint density at radius 1 is 1.00 bits per heavy atom. The second-order valence-electron chi connectivity index (χ2n) is 4.07. The number of anilines is 1. The lowest BCUT2D eigenvalue weighted by Gasteiger charge is -2.14. The molecule has 0 atom stereocenters. The molecule has 3 heteroatoms. The van der Waals surface area contributed by atoms with Crippen LogP contribution in [0.3, 0.4) is 0 Å². The minimum absolute atomic E-state index is 0.828. The molecule has 2 N–H and O–H groups in total. The van der Waals surface area contributed by atoms with Crippen LogP contribution in [-0.4, -0.2) is 12.8 Å². The van der Waals surface area contributed by atoms with Gasteiger partial charge in [-0.2, -0.15) is 5.10 Å². The topological polar surface area (TPSA) is 41.6 Å². The summed E-state index contributed by atoms with van der Waals surface area (Å²) in [5.74, 6) is 0. The van der Waals surface area contributed by atoms with Crippen LogP contribution >= 0.6 is 0 Å². The highest BCUT2D eigenvalue weighted by Gasteiger charge is 2.02. The summed E-state index contributed by atoms with van der Waals surface area (Å²) in [7, 11) is 1.92. The Hall–Kier alpha value is -2.55. The first-order valence-corrected chi connectivity index (χ1v) is 6.12. The summed E-state index contributed by atoms with van der Waals surface area (Å²) in [6.07, 6.45) is 3.30. The second kappa shape index (κ2) is 6.40. The summed E-state index contributed by atoms with van der Waals surface area (Å²) in [5.41, 5.74) is 8.39. The maximum Gasteiger partial charge on any atom is 0.0922 e. The summed E-state index contributed by atoms with van der Waals surface area (Å²) >= 11 is 0. The molecule has 0 radical (unpaired) electrons. The van der Waals surface area contributed by atoms with Crippen molar-refractivity contribution >= 4 is 11.4 Å². The lowest BCUT2D eigenvalue weighted by Crippen LogP contribution is -2.13. The molecule has 0 aliphatic rings. The Bertz CT molecular complexity index is 559. The van der Waals surface area contributed by atoms with Crippen molar-refractivity contribution in [3.05, 3.63) is 78.5 Å². The third kappa shape index (κ3) is 3.45. The first-order chi connectivity index (χ1) is 9.31. The van der Waals surface area contributed by atoms with E-state index in [1.54, 1.807) is 6.08 Å². The van der Waals surface area contributed by atoms with E-state index in [-0.39, 0.29) is 0 Å². The number of nitrogens with two attached hydrogens (primary N) is 1. The largest absolute Gasteiger partial charge is 0.405 e. The van der Waals surface area contributed by atoms with Crippen molar-refractivity contribution in [2.45, 2.75) is 0 Å². The molecule has 0 unspecified atom stereocenters. The van der Waals surface area contributed by atoms with E-state index in [0.717, 1.165) is 17.0 Å². The molecule has 2 aromatic carbocycles. The molecule has 2 aromatic rings. The SMILES string of the molecule is CN(/N=C(/C=C\N)c1ccccc1)c1ccccc1. The summed E-state index contributed by atoms with van der Waals surface area (Å²) < 4.78 is 0. The lowest BCUT2D eigenvalue weighted by molar-refractivity contribution is 1.02. The van der Waals surface area contributed by atoms with Gasteiger partial charge in [-0.25, -0.2) is 0 Å². The third-order valence-electron chi connectivity index (χ3n) is 2.71. The Balaban J connectivity index is 2.32. The summed E-state index contributed by atoms with van der Waals surface area (Å²) in [4.78, 5) is 0. The standard InChI is InChI=1S/C16H17N3/c1-19(15-10-6-3-7-11-15)18-16(12-13-17)14-8-4-2-5-9-14/h2-13H,17H2,1H3/b13-12-,18-16-. The second-order valence-corrected chi connectivity index (χ2v) is 4.07. The summed E-state index contributed by atoms with van der Waals surface area (Å²) in [6.45, 7) is 0. The number of benzene rings is 2. The van der Waals surface area contributed by atoms with Crippen molar-refractivity contribution in [1.82, 2.24) is 0 Å². The van der Waals surface area contributed by atoms with Crippen LogP contribution in [0.4, 0.5) is 5.69 Å². The number of hydrogen-bond acceptors (Lipinski definition) is 3. The van der Waals surface area contributed by atoms with E-state index in [0.29, 0.717) is 0 Å². The van der Waals surface area contributed by atoms with E-state index in [1.807, 2.05) is 72.7 Å². The molecular formula is C16H17N3. The van der Waals surface area contributed by atoms with Gasteiger partial charge in [0.25, 0.3) is 0 Å². The zero-order chi connectivity index (χ0) is 13.5. The predicted molar refractivity (Wildman–Crippen MR) is 81.2 cm³/mol. The molecule has 0 fully saturated rings. The Morgan fingerprint density at radius 3 is 2.16 bits per heavy atom. The van der Waals surface area contributed by atoms with E-state index in [4.69, 9.17) is 5.73 Å². The molecule has 0 aliphatic carbocycles. The van der Waals surface area contributed by atoms with Gasteiger partial charge < -0.3 is 5.73 Å². The molecule has 0 aromatic heterocycles. The maximum atomic E-state index is 5.50. The zero-order valence-corrected chi connectivity index (χ0v) is 10.9. The smallest absolute Gasteiger partial charge is 0.0922 e. The summed E-state index contributed by atoms with van der Waals surface area (Å²) in [6, 6.07) is 20.0. The number of allylic oxidation sites excluding steroid dienone is 1. The Kier molecular flexibility index (Phi) is 4.34. The molecule has 0 spiro atoms. The maximum absolute atomic E-state index is 5.50. The van der Waals surface area contributed by atoms with Crippen molar-refractivity contribution in [2.75, 3.05) is 12.1 Å². The Morgan fingerprint density at radius 2 is 1.58 bits per heavy atom. The van der Waals surface area contributed by atoms with Gasteiger partial charge in [-0.3, -0.25) is 5.01 Å². The molecule has 0 saturated heterocycles. The minimum Gasteiger partial charge on any atom is -0.405 e. The van der Waals surface area contributed by atoms with Crippen LogP contribution in [0, 0.1) is 0 Å². The van der Waals surface area contributed by atoms with Crippen molar-refractivity contribution in [2.24, 2.45) is 10.8 Å². The fraction of sp³-hybridized carbons (Fsp3) is 0.0625. The van der Waals surface area contributed by atoms with Crippen LogP contribution in [0.5, 0.6) is 0 Å². The highest BCUT2D eigenvalue weighted by molar-refractivity contribution is 6.08. The summed E-state index contributed by atoms with van der Waals surface area (Å²) in [5, 5.41) is 6.43. The van der Waals surface area contributed by atoms with Gasteiger partial charge in [0.15, 0.2) is 0 Å². The monoisotopic (exact) mass is 251 g/mol. The first kappa shape index (κ1) is 12.9. The Labute approximate surface area is 113 Å². The first-order valence-electron chi connectivity index (χ1n) is 6.12. The van der Waals surface area contributed by atoms with Gasteiger partial charge in [-0.15, -0.1) is 0 Å². The van der Waals surface area contributed by atoms with Crippen LogP contribution in [0.25, 0.3) is 0 Å². The fourth-order valence-corrected chi connectivity index (χ4v) is 1.75. The van der Waals surface area contributed by atoms with E-state index in [1.165, 1.54) is 6.20 Å². The van der Waals surface area contributed by atoms with Gasteiger partial charge in [0.2, 0.25) is 0 Å². The predicted octanol–water partition coefficient (Wildman–Crippen LogP) is 3.00. The molecule has 0 saturated carbocycles. The van der Waals surface area contributed by atoms with Crippen LogP contribution in [-0.2, 0) is 0 Å². The zero-order valence-electron chi connectivity index (χ0n) is 10.9. The van der Waals surface area contributed by atoms with E-state index in [9.17, 15) is 0 Å². The average molecular weight is 251 g/mol. The van der Waals surface area contributed by atoms with Gasteiger partial charge in [-0.1, -0.05) is 48.5 Å².